The molecule has 7 nitrogen and oxygen atoms in total. The standard InChI is InChI=1S/C15H15N7/c1-10-6-14(22-15(20-10)17-9-19-22)21-18-8-11-7-16-13-5-3-2-4-12(11)13/h2-9,14,16,21H,1H3,(H,17,19,20). The summed E-state index contributed by atoms with van der Waals surface area (Å²) in [7, 11) is 0. The van der Waals surface area contributed by atoms with Crippen LogP contribution in [-0.4, -0.2) is 26.0 Å². The van der Waals surface area contributed by atoms with Crippen LogP contribution in [0.2, 0.25) is 0 Å². The maximum Gasteiger partial charge on any atom is 0.227 e. The van der Waals surface area contributed by atoms with Gasteiger partial charge in [0.05, 0.1) is 6.21 Å². The highest BCUT2D eigenvalue weighted by atomic mass is 15.5. The van der Waals surface area contributed by atoms with Gasteiger partial charge in [-0.05, 0) is 19.1 Å². The van der Waals surface area contributed by atoms with Gasteiger partial charge in [-0.1, -0.05) is 18.2 Å². The van der Waals surface area contributed by atoms with Gasteiger partial charge in [0.2, 0.25) is 5.95 Å². The molecule has 22 heavy (non-hydrogen) atoms. The summed E-state index contributed by atoms with van der Waals surface area (Å²) in [5.74, 6) is 0.708. The molecule has 110 valence electrons. The zero-order valence-electron chi connectivity index (χ0n) is 12.0. The summed E-state index contributed by atoms with van der Waals surface area (Å²) in [6.07, 6.45) is 7.13. The zero-order chi connectivity index (χ0) is 14.9. The molecule has 0 fully saturated rings. The Kier molecular flexibility index (Phi) is 2.89. The van der Waals surface area contributed by atoms with Gasteiger partial charge < -0.3 is 10.3 Å². The van der Waals surface area contributed by atoms with Gasteiger partial charge in [-0.25, -0.2) is 4.68 Å². The summed E-state index contributed by atoms with van der Waals surface area (Å²) in [5.41, 5.74) is 6.25. The number of hydrazone groups is 1. The van der Waals surface area contributed by atoms with Crippen molar-refractivity contribution in [2.75, 3.05) is 5.32 Å². The van der Waals surface area contributed by atoms with Crippen molar-refractivity contribution >= 4 is 23.1 Å². The third-order valence-electron chi connectivity index (χ3n) is 3.59. The normalized spacial score (nSPS) is 17.3. The molecule has 1 atom stereocenters. The Bertz CT molecular complexity index is 871. The van der Waals surface area contributed by atoms with Gasteiger partial charge in [0.1, 0.15) is 6.33 Å². The summed E-state index contributed by atoms with van der Waals surface area (Å²) < 4.78 is 1.75. The molecule has 1 unspecified atom stereocenters. The van der Waals surface area contributed by atoms with Crippen LogP contribution in [-0.2, 0) is 0 Å². The van der Waals surface area contributed by atoms with Gasteiger partial charge in [-0.2, -0.15) is 15.2 Å². The molecule has 7 heteroatoms. The number of aromatic amines is 1. The average molecular weight is 293 g/mol. The number of anilines is 1. The first-order valence-electron chi connectivity index (χ1n) is 7.01. The summed E-state index contributed by atoms with van der Waals surface area (Å²) in [6, 6.07) is 8.13. The zero-order valence-corrected chi connectivity index (χ0v) is 12.0. The van der Waals surface area contributed by atoms with Gasteiger partial charge >= 0.3 is 0 Å². The minimum Gasteiger partial charge on any atom is -0.361 e. The third kappa shape index (κ3) is 2.12. The summed E-state index contributed by atoms with van der Waals surface area (Å²) >= 11 is 0. The molecule has 0 saturated heterocycles. The number of allylic oxidation sites excluding steroid dienone is 1. The van der Waals surface area contributed by atoms with Crippen molar-refractivity contribution in [3.63, 3.8) is 0 Å². The highest BCUT2D eigenvalue weighted by Crippen LogP contribution is 2.19. The largest absolute Gasteiger partial charge is 0.361 e. The van der Waals surface area contributed by atoms with Gasteiger partial charge in [-0.3, -0.25) is 5.43 Å². The highest BCUT2D eigenvalue weighted by Gasteiger charge is 2.18. The number of H-pyrrole nitrogens is 1. The average Bonchev–Trinajstić information content (AvgIpc) is 3.14. The number of nitrogens with zero attached hydrogens (tertiary/aromatic N) is 4. The predicted molar refractivity (Wildman–Crippen MR) is 85.5 cm³/mol. The van der Waals surface area contributed by atoms with E-state index in [1.807, 2.05) is 37.4 Å². The molecular weight excluding hydrogens is 278 g/mol. The van der Waals surface area contributed by atoms with Gasteiger partial charge in [0.15, 0.2) is 6.17 Å². The lowest BCUT2D eigenvalue weighted by Crippen LogP contribution is -2.27. The Morgan fingerprint density at radius 1 is 1.36 bits per heavy atom. The summed E-state index contributed by atoms with van der Waals surface area (Å²) in [5, 5.41) is 12.8. The minimum absolute atomic E-state index is 0.153. The molecule has 2 aromatic heterocycles. The Hall–Kier alpha value is -3.09. The molecule has 0 bridgehead atoms. The van der Waals surface area contributed by atoms with Crippen LogP contribution in [0.5, 0.6) is 0 Å². The second-order valence-electron chi connectivity index (χ2n) is 5.12. The fourth-order valence-corrected chi connectivity index (χ4v) is 2.54. The number of fused-ring (bicyclic) bond motifs is 2. The van der Waals surface area contributed by atoms with Crippen molar-refractivity contribution in [3.8, 4) is 0 Å². The van der Waals surface area contributed by atoms with E-state index in [1.54, 1.807) is 10.9 Å². The van der Waals surface area contributed by atoms with Crippen molar-refractivity contribution < 1.29 is 0 Å². The highest BCUT2D eigenvalue weighted by molar-refractivity contribution is 5.98. The third-order valence-corrected chi connectivity index (χ3v) is 3.59. The van der Waals surface area contributed by atoms with E-state index in [1.165, 1.54) is 6.33 Å². The Morgan fingerprint density at radius 3 is 3.23 bits per heavy atom. The molecule has 0 radical (unpaired) electrons. The van der Waals surface area contributed by atoms with E-state index in [4.69, 9.17) is 0 Å². The summed E-state index contributed by atoms with van der Waals surface area (Å²) in [6.45, 7) is 1.98. The van der Waals surface area contributed by atoms with Crippen molar-refractivity contribution in [3.05, 3.63) is 54.1 Å². The summed E-state index contributed by atoms with van der Waals surface area (Å²) in [4.78, 5) is 7.39. The Balaban J connectivity index is 1.56. The van der Waals surface area contributed by atoms with E-state index in [-0.39, 0.29) is 6.17 Å². The number of hydrogen-bond acceptors (Lipinski definition) is 5. The molecule has 3 N–H and O–H groups in total. The molecule has 1 aromatic carbocycles. The van der Waals surface area contributed by atoms with E-state index < -0.39 is 0 Å². The maximum absolute atomic E-state index is 4.34. The first kappa shape index (κ1) is 12.6. The fraction of sp³-hybridized carbons (Fsp3) is 0.133. The van der Waals surface area contributed by atoms with E-state index in [0.717, 1.165) is 22.2 Å². The van der Waals surface area contributed by atoms with E-state index in [9.17, 15) is 0 Å². The molecule has 4 rings (SSSR count). The second-order valence-corrected chi connectivity index (χ2v) is 5.12. The van der Waals surface area contributed by atoms with Crippen LogP contribution in [0.25, 0.3) is 10.9 Å². The van der Waals surface area contributed by atoms with E-state index >= 15 is 0 Å². The van der Waals surface area contributed by atoms with Crippen LogP contribution in [0.3, 0.4) is 0 Å². The number of aromatic nitrogens is 4. The molecule has 0 amide bonds. The monoisotopic (exact) mass is 293 g/mol. The van der Waals surface area contributed by atoms with Crippen LogP contribution in [0.1, 0.15) is 18.7 Å². The topological polar surface area (TPSA) is 82.9 Å². The van der Waals surface area contributed by atoms with Gasteiger partial charge in [0, 0.05) is 28.4 Å². The molecular formula is C15H15N7. The van der Waals surface area contributed by atoms with Crippen LogP contribution < -0.4 is 10.7 Å². The quantitative estimate of drug-likeness (QED) is 0.511. The van der Waals surface area contributed by atoms with Crippen molar-refractivity contribution in [1.29, 1.82) is 0 Å². The van der Waals surface area contributed by atoms with Crippen LogP contribution in [0.15, 0.2) is 53.7 Å². The van der Waals surface area contributed by atoms with E-state index in [2.05, 4.69) is 37.0 Å². The maximum atomic E-state index is 4.34. The smallest absolute Gasteiger partial charge is 0.227 e. The predicted octanol–water partition coefficient (Wildman–Crippen LogP) is 2.21. The van der Waals surface area contributed by atoms with Crippen molar-refractivity contribution in [1.82, 2.24) is 25.2 Å². The number of rotatable bonds is 3. The number of nitrogens with one attached hydrogen (secondary N) is 3. The molecule has 3 aromatic rings. The van der Waals surface area contributed by atoms with Gasteiger partial charge in [-0.15, -0.1) is 0 Å². The second kappa shape index (κ2) is 5.03. The Labute approximate surface area is 126 Å². The number of para-hydroxylation sites is 1. The molecule has 1 aliphatic heterocycles. The SMILES string of the molecule is CC1=CC(NN=Cc2c[nH]c3ccccc23)n2ncnc2N1. The number of hydrogen-bond donors (Lipinski definition) is 3. The van der Waals surface area contributed by atoms with Gasteiger partial charge in [0.25, 0.3) is 0 Å². The minimum atomic E-state index is -0.153. The fourth-order valence-electron chi connectivity index (χ4n) is 2.54. The van der Waals surface area contributed by atoms with Crippen molar-refractivity contribution in [2.45, 2.75) is 13.1 Å². The Morgan fingerprint density at radius 2 is 2.27 bits per heavy atom. The van der Waals surface area contributed by atoms with Crippen LogP contribution in [0.4, 0.5) is 5.95 Å². The van der Waals surface area contributed by atoms with Crippen molar-refractivity contribution in [2.24, 2.45) is 5.10 Å². The number of benzene rings is 1. The first-order valence-corrected chi connectivity index (χ1v) is 7.01. The van der Waals surface area contributed by atoms with Crippen LogP contribution in [0, 0.1) is 0 Å². The molecule has 0 saturated carbocycles. The van der Waals surface area contributed by atoms with Crippen LogP contribution >= 0.6 is 0 Å². The lowest BCUT2D eigenvalue weighted by Gasteiger charge is -2.21. The van der Waals surface area contributed by atoms with E-state index in [0.29, 0.717) is 5.95 Å². The molecule has 0 spiro atoms. The molecule has 3 heterocycles. The first-order chi connectivity index (χ1) is 10.8. The lowest BCUT2D eigenvalue weighted by molar-refractivity contribution is 0.451. The molecule has 0 aliphatic carbocycles. The molecule has 1 aliphatic rings. The lowest BCUT2D eigenvalue weighted by atomic mass is 10.2.